The highest BCUT2D eigenvalue weighted by Gasteiger charge is 2.00. The second-order valence-corrected chi connectivity index (χ2v) is 3.77. The molecule has 0 aliphatic heterocycles. The quantitative estimate of drug-likeness (QED) is 0.895. The van der Waals surface area contributed by atoms with Gasteiger partial charge in [0.2, 0.25) is 0 Å². The topological polar surface area (TPSA) is 35.2 Å². The van der Waals surface area contributed by atoms with Crippen LogP contribution in [0.25, 0.3) is 0 Å². The third-order valence-electron chi connectivity index (χ3n) is 2.38. The van der Waals surface area contributed by atoms with Crippen molar-refractivity contribution in [3.05, 3.63) is 60.2 Å². The van der Waals surface area contributed by atoms with Crippen molar-refractivity contribution in [1.29, 1.82) is 0 Å². The average molecular weight is 250 g/mol. The number of halogens is 1. The fourth-order valence-corrected chi connectivity index (χ4v) is 1.46. The second-order valence-electron chi connectivity index (χ2n) is 3.77. The van der Waals surface area contributed by atoms with Crippen molar-refractivity contribution >= 4 is 12.4 Å². The first-order valence-corrected chi connectivity index (χ1v) is 5.34. The normalized spacial score (nSPS) is 11.4. The summed E-state index contributed by atoms with van der Waals surface area (Å²) >= 11 is 0. The molecule has 2 rings (SSSR count). The maximum atomic E-state index is 5.78. The fraction of sp³-hybridized carbons (Fsp3) is 0.143. The molecule has 2 aromatic carbocycles. The monoisotopic (exact) mass is 249 g/mol. The van der Waals surface area contributed by atoms with Crippen LogP contribution in [0.2, 0.25) is 0 Å². The highest BCUT2D eigenvalue weighted by atomic mass is 35.5. The molecule has 0 heterocycles. The molecular weight excluding hydrogens is 234 g/mol. The highest BCUT2D eigenvalue weighted by Crippen LogP contribution is 2.22. The van der Waals surface area contributed by atoms with Crippen LogP contribution >= 0.6 is 12.4 Å². The minimum absolute atomic E-state index is 0. The molecule has 2 nitrogen and oxygen atoms in total. The van der Waals surface area contributed by atoms with E-state index >= 15 is 0 Å². The van der Waals surface area contributed by atoms with Crippen LogP contribution in [-0.2, 0) is 0 Å². The van der Waals surface area contributed by atoms with Gasteiger partial charge in [-0.2, -0.15) is 0 Å². The third kappa shape index (κ3) is 3.77. The minimum Gasteiger partial charge on any atom is -0.457 e. The van der Waals surface area contributed by atoms with E-state index in [2.05, 4.69) is 0 Å². The number of rotatable bonds is 3. The van der Waals surface area contributed by atoms with Gasteiger partial charge < -0.3 is 10.5 Å². The van der Waals surface area contributed by atoms with Crippen molar-refractivity contribution in [3.63, 3.8) is 0 Å². The van der Waals surface area contributed by atoms with Gasteiger partial charge in [0.1, 0.15) is 11.5 Å². The molecule has 0 saturated carbocycles. The van der Waals surface area contributed by atoms with E-state index in [0.717, 1.165) is 17.1 Å². The number of para-hydroxylation sites is 1. The largest absolute Gasteiger partial charge is 0.457 e. The zero-order valence-corrected chi connectivity index (χ0v) is 10.5. The molecule has 0 amide bonds. The van der Waals surface area contributed by atoms with Crippen molar-refractivity contribution in [3.8, 4) is 11.5 Å². The van der Waals surface area contributed by atoms with Crippen LogP contribution in [0.15, 0.2) is 54.6 Å². The number of hydrogen-bond acceptors (Lipinski definition) is 2. The lowest BCUT2D eigenvalue weighted by Gasteiger charge is -2.08. The maximum absolute atomic E-state index is 5.78. The van der Waals surface area contributed by atoms with Gasteiger partial charge in [-0.05, 0) is 36.8 Å². The first kappa shape index (κ1) is 13.6. The summed E-state index contributed by atoms with van der Waals surface area (Å²) in [6, 6.07) is 17.6. The Labute approximate surface area is 108 Å². The molecule has 17 heavy (non-hydrogen) atoms. The van der Waals surface area contributed by atoms with Crippen molar-refractivity contribution in [2.75, 3.05) is 0 Å². The Hall–Kier alpha value is -1.51. The highest BCUT2D eigenvalue weighted by molar-refractivity contribution is 5.85. The Morgan fingerprint density at radius 2 is 1.41 bits per heavy atom. The van der Waals surface area contributed by atoms with Crippen LogP contribution in [0, 0.1) is 0 Å². The third-order valence-corrected chi connectivity index (χ3v) is 2.38. The molecule has 0 radical (unpaired) electrons. The predicted molar refractivity (Wildman–Crippen MR) is 72.8 cm³/mol. The van der Waals surface area contributed by atoms with Crippen molar-refractivity contribution in [1.82, 2.24) is 0 Å². The molecule has 90 valence electrons. The van der Waals surface area contributed by atoms with E-state index < -0.39 is 0 Å². The van der Waals surface area contributed by atoms with Crippen molar-refractivity contribution in [2.24, 2.45) is 5.73 Å². The van der Waals surface area contributed by atoms with E-state index in [4.69, 9.17) is 10.5 Å². The lowest BCUT2D eigenvalue weighted by atomic mass is 10.1. The lowest BCUT2D eigenvalue weighted by molar-refractivity contribution is 0.482. The van der Waals surface area contributed by atoms with Crippen LogP contribution < -0.4 is 10.5 Å². The van der Waals surface area contributed by atoms with E-state index in [1.165, 1.54) is 0 Å². The molecule has 0 spiro atoms. The Morgan fingerprint density at radius 3 is 1.94 bits per heavy atom. The van der Waals surface area contributed by atoms with Gasteiger partial charge in [0.25, 0.3) is 0 Å². The van der Waals surface area contributed by atoms with E-state index in [9.17, 15) is 0 Å². The molecule has 0 aromatic heterocycles. The van der Waals surface area contributed by atoms with Gasteiger partial charge in [-0.15, -0.1) is 12.4 Å². The summed E-state index contributed by atoms with van der Waals surface area (Å²) < 4.78 is 5.67. The van der Waals surface area contributed by atoms with Gasteiger partial charge in [0.15, 0.2) is 0 Å². The fourth-order valence-electron chi connectivity index (χ4n) is 1.46. The van der Waals surface area contributed by atoms with E-state index in [0.29, 0.717) is 0 Å². The number of nitrogens with two attached hydrogens (primary N) is 1. The standard InChI is InChI=1S/C14H15NO.ClH/c1-11(15)12-7-9-14(10-8-12)16-13-5-3-2-4-6-13;/h2-11H,15H2,1H3;1H/t11-;/m1./s1. The van der Waals surface area contributed by atoms with Gasteiger partial charge >= 0.3 is 0 Å². The molecule has 0 unspecified atom stereocenters. The predicted octanol–water partition coefficient (Wildman–Crippen LogP) is 3.92. The summed E-state index contributed by atoms with van der Waals surface area (Å²) in [5.41, 5.74) is 6.89. The van der Waals surface area contributed by atoms with E-state index in [1.807, 2.05) is 61.5 Å². The summed E-state index contributed by atoms with van der Waals surface area (Å²) in [6.07, 6.45) is 0. The summed E-state index contributed by atoms with van der Waals surface area (Å²) in [4.78, 5) is 0. The molecule has 3 heteroatoms. The molecule has 0 fully saturated rings. The lowest BCUT2D eigenvalue weighted by Crippen LogP contribution is -2.04. The van der Waals surface area contributed by atoms with Gasteiger partial charge in [-0.1, -0.05) is 30.3 Å². The van der Waals surface area contributed by atoms with Crippen LogP contribution in [0.3, 0.4) is 0 Å². The summed E-state index contributed by atoms with van der Waals surface area (Å²) in [7, 11) is 0. The average Bonchev–Trinajstić information content (AvgIpc) is 2.31. The zero-order chi connectivity index (χ0) is 11.4. The number of ether oxygens (including phenoxy) is 1. The summed E-state index contributed by atoms with van der Waals surface area (Å²) in [5, 5.41) is 0. The van der Waals surface area contributed by atoms with Gasteiger partial charge in [-0.25, -0.2) is 0 Å². The molecule has 1 atom stereocenters. The first-order chi connectivity index (χ1) is 7.75. The molecule has 0 saturated heterocycles. The summed E-state index contributed by atoms with van der Waals surface area (Å²) in [5.74, 6) is 1.67. The molecule has 0 aliphatic rings. The zero-order valence-electron chi connectivity index (χ0n) is 9.67. The molecule has 2 N–H and O–H groups in total. The van der Waals surface area contributed by atoms with Gasteiger partial charge in [0.05, 0.1) is 0 Å². The molecule has 2 aromatic rings. The van der Waals surface area contributed by atoms with Crippen molar-refractivity contribution in [2.45, 2.75) is 13.0 Å². The van der Waals surface area contributed by atoms with Crippen molar-refractivity contribution < 1.29 is 4.74 Å². The van der Waals surface area contributed by atoms with Crippen LogP contribution in [-0.4, -0.2) is 0 Å². The Balaban J connectivity index is 0.00000144. The number of benzene rings is 2. The van der Waals surface area contributed by atoms with Gasteiger partial charge in [0, 0.05) is 6.04 Å². The first-order valence-electron chi connectivity index (χ1n) is 5.34. The Kier molecular flexibility index (Phi) is 5.01. The van der Waals surface area contributed by atoms with Crippen LogP contribution in [0.1, 0.15) is 18.5 Å². The molecule has 0 aliphatic carbocycles. The summed E-state index contributed by atoms with van der Waals surface area (Å²) in [6.45, 7) is 1.97. The molecule has 0 bridgehead atoms. The SMILES string of the molecule is C[C@@H](N)c1ccc(Oc2ccccc2)cc1.Cl. The van der Waals surface area contributed by atoms with Crippen LogP contribution in [0.4, 0.5) is 0 Å². The molecular formula is C14H16ClNO. The van der Waals surface area contributed by atoms with E-state index in [1.54, 1.807) is 0 Å². The maximum Gasteiger partial charge on any atom is 0.127 e. The Bertz CT molecular complexity index is 440. The minimum atomic E-state index is 0. The Morgan fingerprint density at radius 1 is 0.882 bits per heavy atom. The van der Waals surface area contributed by atoms with Gasteiger partial charge in [-0.3, -0.25) is 0 Å². The number of hydrogen-bond donors (Lipinski definition) is 1. The smallest absolute Gasteiger partial charge is 0.127 e. The van der Waals surface area contributed by atoms with Crippen LogP contribution in [0.5, 0.6) is 11.5 Å². The second kappa shape index (κ2) is 6.28. The van der Waals surface area contributed by atoms with E-state index in [-0.39, 0.29) is 18.4 Å².